The quantitative estimate of drug-likeness (QED) is 0.698. The molecule has 3 aromatic rings. The van der Waals surface area contributed by atoms with Gasteiger partial charge in [-0.05, 0) is 37.3 Å². The molecule has 146 valence electrons. The SMILES string of the molecule is CCOc1ccc(-c2[nH]nc3c2C(c2ccc(F)cc2F)C(C#N)=C(N)O3)cc1. The van der Waals surface area contributed by atoms with Gasteiger partial charge in [-0.1, -0.05) is 6.07 Å². The minimum absolute atomic E-state index is 0.0246. The van der Waals surface area contributed by atoms with Crippen LogP contribution in [-0.4, -0.2) is 16.8 Å². The smallest absolute Gasteiger partial charge is 0.244 e. The summed E-state index contributed by atoms with van der Waals surface area (Å²) in [6.07, 6.45) is 0. The molecule has 1 unspecified atom stereocenters. The average Bonchev–Trinajstić information content (AvgIpc) is 3.11. The number of hydrogen-bond donors (Lipinski definition) is 2. The minimum atomic E-state index is -0.898. The summed E-state index contributed by atoms with van der Waals surface area (Å²) in [4.78, 5) is 0. The lowest BCUT2D eigenvalue weighted by molar-refractivity contribution is 0.340. The van der Waals surface area contributed by atoms with Crippen molar-refractivity contribution in [1.29, 1.82) is 5.26 Å². The van der Waals surface area contributed by atoms with Gasteiger partial charge in [-0.25, -0.2) is 8.78 Å². The first kappa shape index (κ1) is 18.5. The van der Waals surface area contributed by atoms with E-state index in [0.29, 0.717) is 23.6 Å². The molecule has 0 spiro atoms. The number of aromatic amines is 1. The lowest BCUT2D eigenvalue weighted by Crippen LogP contribution is -2.21. The molecule has 2 heterocycles. The molecule has 8 heteroatoms. The van der Waals surface area contributed by atoms with Gasteiger partial charge >= 0.3 is 0 Å². The largest absolute Gasteiger partial charge is 0.494 e. The van der Waals surface area contributed by atoms with Gasteiger partial charge in [-0.15, -0.1) is 5.10 Å². The highest BCUT2D eigenvalue weighted by atomic mass is 19.1. The van der Waals surface area contributed by atoms with E-state index >= 15 is 0 Å². The van der Waals surface area contributed by atoms with Gasteiger partial charge in [-0.3, -0.25) is 5.10 Å². The summed E-state index contributed by atoms with van der Waals surface area (Å²) >= 11 is 0. The number of allylic oxidation sites excluding steroid dienone is 1. The normalized spacial score (nSPS) is 15.4. The van der Waals surface area contributed by atoms with Crippen LogP contribution in [0, 0.1) is 23.0 Å². The van der Waals surface area contributed by atoms with Crippen LogP contribution in [0.2, 0.25) is 0 Å². The molecule has 1 aromatic heterocycles. The van der Waals surface area contributed by atoms with E-state index in [4.69, 9.17) is 15.2 Å². The molecule has 0 bridgehead atoms. The number of hydrogen-bond acceptors (Lipinski definition) is 5. The van der Waals surface area contributed by atoms with E-state index in [9.17, 15) is 14.0 Å². The molecule has 4 rings (SSSR count). The van der Waals surface area contributed by atoms with Gasteiger partial charge in [0.15, 0.2) is 0 Å². The van der Waals surface area contributed by atoms with Crippen LogP contribution in [-0.2, 0) is 0 Å². The van der Waals surface area contributed by atoms with Gasteiger partial charge in [0.1, 0.15) is 29.0 Å². The first-order valence-corrected chi connectivity index (χ1v) is 8.87. The van der Waals surface area contributed by atoms with Gasteiger partial charge in [0, 0.05) is 17.2 Å². The van der Waals surface area contributed by atoms with Crippen LogP contribution < -0.4 is 15.2 Å². The number of H-pyrrole nitrogens is 1. The molecule has 1 aliphatic heterocycles. The molecule has 3 N–H and O–H groups in total. The van der Waals surface area contributed by atoms with Crippen molar-refractivity contribution in [3.05, 3.63) is 76.7 Å². The van der Waals surface area contributed by atoms with Crippen molar-refractivity contribution >= 4 is 0 Å². The van der Waals surface area contributed by atoms with Gasteiger partial charge in [0.25, 0.3) is 0 Å². The fourth-order valence-corrected chi connectivity index (χ4v) is 3.40. The highest BCUT2D eigenvalue weighted by Gasteiger charge is 2.37. The number of nitrogens with two attached hydrogens (primary N) is 1. The number of halogens is 2. The third-order valence-corrected chi connectivity index (χ3v) is 4.67. The Morgan fingerprint density at radius 1 is 1.24 bits per heavy atom. The molecule has 0 saturated heterocycles. The summed E-state index contributed by atoms with van der Waals surface area (Å²) in [6.45, 7) is 2.42. The zero-order valence-electron chi connectivity index (χ0n) is 15.4. The minimum Gasteiger partial charge on any atom is -0.494 e. The van der Waals surface area contributed by atoms with E-state index in [1.807, 2.05) is 25.1 Å². The van der Waals surface area contributed by atoms with E-state index < -0.39 is 17.6 Å². The van der Waals surface area contributed by atoms with E-state index in [-0.39, 0.29) is 22.9 Å². The number of fused-ring (bicyclic) bond motifs is 1. The second-order valence-corrected chi connectivity index (χ2v) is 6.37. The second-order valence-electron chi connectivity index (χ2n) is 6.37. The molecular weight excluding hydrogens is 378 g/mol. The van der Waals surface area contributed by atoms with Crippen molar-refractivity contribution in [3.63, 3.8) is 0 Å². The molecule has 0 saturated carbocycles. The van der Waals surface area contributed by atoms with Crippen LogP contribution >= 0.6 is 0 Å². The second kappa shape index (κ2) is 7.28. The Balaban J connectivity index is 1.89. The number of rotatable bonds is 4. The van der Waals surface area contributed by atoms with Crippen molar-refractivity contribution in [2.75, 3.05) is 6.61 Å². The number of nitrogens with zero attached hydrogens (tertiary/aromatic N) is 2. The Labute approximate surface area is 165 Å². The lowest BCUT2D eigenvalue weighted by Gasteiger charge is -2.24. The zero-order valence-corrected chi connectivity index (χ0v) is 15.4. The number of nitriles is 1. The topological polar surface area (TPSA) is 97.0 Å². The fourth-order valence-electron chi connectivity index (χ4n) is 3.40. The Kier molecular flexibility index (Phi) is 4.64. The highest BCUT2D eigenvalue weighted by molar-refractivity contribution is 5.71. The molecule has 1 atom stereocenters. The summed E-state index contributed by atoms with van der Waals surface area (Å²) in [5, 5.41) is 16.7. The molecular formula is C21H16F2N4O2. The maximum atomic E-state index is 14.6. The Bertz CT molecular complexity index is 1150. The third-order valence-electron chi connectivity index (χ3n) is 4.67. The molecule has 0 amide bonds. The van der Waals surface area contributed by atoms with E-state index in [1.165, 1.54) is 6.07 Å². The average molecular weight is 394 g/mol. The van der Waals surface area contributed by atoms with Crippen molar-refractivity contribution in [2.45, 2.75) is 12.8 Å². The standard InChI is InChI=1S/C21H16F2N4O2/c1-2-28-13-6-3-11(4-7-13)19-18-17(14-8-5-12(22)9-16(14)23)15(10-24)20(25)29-21(18)27-26-19/h3-9,17H,2,25H2,1H3,(H,26,27). The van der Waals surface area contributed by atoms with Gasteiger partial charge in [0.05, 0.1) is 23.8 Å². The van der Waals surface area contributed by atoms with Gasteiger partial charge < -0.3 is 15.2 Å². The Morgan fingerprint density at radius 2 is 2.00 bits per heavy atom. The molecule has 0 radical (unpaired) electrons. The van der Waals surface area contributed by atoms with E-state index in [2.05, 4.69) is 10.2 Å². The van der Waals surface area contributed by atoms with Crippen LogP contribution in [0.25, 0.3) is 11.3 Å². The lowest BCUT2D eigenvalue weighted by atomic mass is 9.82. The number of nitrogens with one attached hydrogen (secondary N) is 1. The predicted octanol–water partition coefficient (Wildman–Crippen LogP) is 3.97. The maximum Gasteiger partial charge on any atom is 0.244 e. The molecule has 1 aliphatic rings. The number of aromatic nitrogens is 2. The third kappa shape index (κ3) is 3.17. The summed E-state index contributed by atoms with van der Waals surface area (Å²) in [5.74, 6) is -1.73. The van der Waals surface area contributed by atoms with E-state index in [0.717, 1.165) is 17.7 Å². The molecule has 6 nitrogen and oxygen atoms in total. The highest BCUT2D eigenvalue weighted by Crippen LogP contribution is 2.46. The molecule has 0 aliphatic carbocycles. The Hall–Kier alpha value is -3.86. The first-order valence-electron chi connectivity index (χ1n) is 8.87. The molecule has 29 heavy (non-hydrogen) atoms. The summed E-state index contributed by atoms with van der Waals surface area (Å²) in [6, 6.07) is 12.4. The van der Waals surface area contributed by atoms with Crippen LogP contribution in [0.1, 0.15) is 24.0 Å². The van der Waals surface area contributed by atoms with Crippen LogP contribution in [0.5, 0.6) is 11.6 Å². The number of ether oxygens (including phenoxy) is 2. The zero-order chi connectivity index (χ0) is 20.5. The Morgan fingerprint density at radius 3 is 2.66 bits per heavy atom. The van der Waals surface area contributed by atoms with Crippen LogP contribution in [0.15, 0.2) is 53.9 Å². The number of benzene rings is 2. The van der Waals surface area contributed by atoms with Crippen LogP contribution in [0.4, 0.5) is 8.78 Å². The van der Waals surface area contributed by atoms with Crippen molar-refractivity contribution < 1.29 is 18.3 Å². The first-order chi connectivity index (χ1) is 14.0. The van der Waals surface area contributed by atoms with Crippen molar-refractivity contribution in [1.82, 2.24) is 10.2 Å². The monoisotopic (exact) mass is 394 g/mol. The van der Waals surface area contributed by atoms with Crippen molar-refractivity contribution in [2.24, 2.45) is 5.73 Å². The van der Waals surface area contributed by atoms with Crippen LogP contribution in [0.3, 0.4) is 0 Å². The summed E-state index contributed by atoms with van der Waals surface area (Å²) in [7, 11) is 0. The predicted molar refractivity (Wildman–Crippen MR) is 101 cm³/mol. The van der Waals surface area contributed by atoms with Gasteiger partial charge in [-0.2, -0.15) is 5.26 Å². The molecule has 0 fully saturated rings. The maximum absolute atomic E-state index is 14.6. The fraction of sp³-hybridized carbons (Fsp3) is 0.143. The van der Waals surface area contributed by atoms with Crippen molar-refractivity contribution in [3.8, 4) is 29.0 Å². The molecule has 2 aromatic carbocycles. The summed E-state index contributed by atoms with van der Waals surface area (Å²) in [5.41, 5.74) is 7.73. The summed E-state index contributed by atoms with van der Waals surface area (Å²) < 4.78 is 39.0. The van der Waals surface area contributed by atoms with Gasteiger partial charge in [0.2, 0.25) is 11.8 Å². The van der Waals surface area contributed by atoms with E-state index in [1.54, 1.807) is 12.1 Å².